The van der Waals surface area contributed by atoms with E-state index in [1.165, 1.54) is 12.1 Å². The lowest BCUT2D eigenvalue weighted by Crippen LogP contribution is -2.15. The quantitative estimate of drug-likeness (QED) is 0.762. The topological polar surface area (TPSA) is 72.5 Å². The predicted octanol–water partition coefficient (Wildman–Crippen LogP) is 3.87. The first kappa shape index (κ1) is 17.5. The number of rotatable bonds is 7. The van der Waals surface area contributed by atoms with Gasteiger partial charge >= 0.3 is 0 Å². The van der Waals surface area contributed by atoms with Gasteiger partial charge in [0, 0.05) is 11.5 Å². The fourth-order valence-electron chi connectivity index (χ4n) is 2.49. The van der Waals surface area contributed by atoms with Crippen LogP contribution in [0.25, 0.3) is 0 Å². The Bertz CT molecular complexity index is 869. The van der Waals surface area contributed by atoms with Gasteiger partial charge in [-0.05, 0) is 51.0 Å². The third-order valence-corrected chi connectivity index (χ3v) is 5.27. The normalized spacial score (nSPS) is 14.4. The largest absolute Gasteiger partial charge is 0.489 e. The van der Waals surface area contributed by atoms with Crippen LogP contribution in [0.4, 0.5) is 5.69 Å². The van der Waals surface area contributed by atoms with Crippen LogP contribution in [0.1, 0.15) is 37.0 Å². The summed E-state index contributed by atoms with van der Waals surface area (Å²) in [5.41, 5.74) is 0.944. The van der Waals surface area contributed by atoms with Crippen LogP contribution in [0.3, 0.4) is 0 Å². The molecule has 1 N–H and O–H groups in total. The van der Waals surface area contributed by atoms with Gasteiger partial charge in [0.15, 0.2) is 5.78 Å². The molecule has 5 nitrogen and oxygen atoms in total. The smallest absolute Gasteiger partial charge is 0.262 e. The molecule has 1 aliphatic rings. The average molecular weight is 359 g/mol. The minimum absolute atomic E-state index is 0.0710. The van der Waals surface area contributed by atoms with Crippen molar-refractivity contribution >= 4 is 21.5 Å². The Hall–Kier alpha value is -2.34. The van der Waals surface area contributed by atoms with Crippen molar-refractivity contribution in [3.05, 3.63) is 54.1 Å². The summed E-state index contributed by atoms with van der Waals surface area (Å²) in [5, 5.41) is 0. The van der Waals surface area contributed by atoms with Crippen LogP contribution in [0.15, 0.2) is 53.4 Å². The van der Waals surface area contributed by atoms with Gasteiger partial charge in [-0.25, -0.2) is 8.42 Å². The molecule has 0 atom stereocenters. The second kappa shape index (κ2) is 6.88. The maximum Gasteiger partial charge on any atom is 0.262 e. The number of Topliss-reactive ketones (excluding diaryl/α,β-unsaturated/α-hetero) is 1. The zero-order chi connectivity index (χ0) is 18.0. The van der Waals surface area contributed by atoms with E-state index < -0.39 is 10.0 Å². The molecule has 1 saturated carbocycles. The molecule has 0 unspecified atom stereocenters. The average Bonchev–Trinajstić information content (AvgIpc) is 3.40. The molecule has 0 bridgehead atoms. The molecular weight excluding hydrogens is 338 g/mol. The molecule has 0 radical (unpaired) electrons. The van der Waals surface area contributed by atoms with E-state index >= 15 is 0 Å². The summed E-state index contributed by atoms with van der Waals surface area (Å²) >= 11 is 0. The Labute approximate surface area is 148 Å². The van der Waals surface area contributed by atoms with Gasteiger partial charge in [-0.1, -0.05) is 24.3 Å². The molecular formula is C19H21NO4S. The molecule has 2 aromatic rings. The van der Waals surface area contributed by atoms with E-state index in [-0.39, 0.29) is 22.7 Å². The van der Waals surface area contributed by atoms with Crippen molar-refractivity contribution in [3.8, 4) is 5.75 Å². The Morgan fingerprint density at radius 3 is 2.32 bits per heavy atom. The molecule has 0 spiro atoms. The van der Waals surface area contributed by atoms with Crippen molar-refractivity contribution in [1.82, 2.24) is 0 Å². The molecule has 0 amide bonds. The minimum atomic E-state index is -3.76. The second-order valence-electron chi connectivity index (χ2n) is 6.43. The first-order chi connectivity index (χ1) is 11.9. The Morgan fingerprint density at radius 1 is 1.08 bits per heavy atom. The first-order valence-electron chi connectivity index (χ1n) is 8.29. The number of benzene rings is 2. The zero-order valence-corrected chi connectivity index (χ0v) is 15.0. The Morgan fingerprint density at radius 2 is 1.72 bits per heavy atom. The molecule has 1 aliphatic carbocycles. The Balaban J connectivity index is 1.81. The number of hydrogen-bond donors (Lipinski definition) is 1. The molecule has 0 aromatic heterocycles. The number of ketones is 1. The number of ether oxygens (including phenoxy) is 1. The van der Waals surface area contributed by atoms with Gasteiger partial charge in [-0.15, -0.1) is 0 Å². The van der Waals surface area contributed by atoms with E-state index in [4.69, 9.17) is 4.74 Å². The monoisotopic (exact) mass is 359 g/mol. The van der Waals surface area contributed by atoms with Crippen LogP contribution in [0.2, 0.25) is 0 Å². The van der Waals surface area contributed by atoms with E-state index in [1.807, 2.05) is 13.8 Å². The van der Waals surface area contributed by atoms with Gasteiger partial charge in [-0.2, -0.15) is 0 Å². The third-order valence-electron chi connectivity index (χ3n) is 3.89. The molecule has 0 heterocycles. The summed E-state index contributed by atoms with van der Waals surface area (Å²) < 4.78 is 33.4. The summed E-state index contributed by atoms with van der Waals surface area (Å²) in [5.74, 6) is 0.676. The maximum absolute atomic E-state index is 12.6. The highest BCUT2D eigenvalue weighted by Crippen LogP contribution is 2.33. The van der Waals surface area contributed by atoms with Crippen molar-refractivity contribution in [1.29, 1.82) is 0 Å². The highest BCUT2D eigenvalue weighted by atomic mass is 32.2. The van der Waals surface area contributed by atoms with E-state index in [0.717, 1.165) is 12.8 Å². The summed E-state index contributed by atoms with van der Waals surface area (Å²) in [7, 11) is -3.76. The minimum Gasteiger partial charge on any atom is -0.489 e. The molecule has 0 saturated heterocycles. The van der Waals surface area contributed by atoms with Crippen LogP contribution in [-0.2, 0) is 10.0 Å². The molecule has 6 heteroatoms. The lowest BCUT2D eigenvalue weighted by molar-refractivity contribution is 0.0967. The van der Waals surface area contributed by atoms with Gasteiger partial charge in [0.25, 0.3) is 10.0 Å². The third kappa shape index (κ3) is 4.20. The maximum atomic E-state index is 12.6. The fourth-order valence-corrected chi connectivity index (χ4v) is 3.56. The number of sulfonamides is 1. The van der Waals surface area contributed by atoms with Crippen molar-refractivity contribution in [2.75, 3.05) is 4.72 Å². The standard InChI is InChI=1S/C19H21NO4S/c1-13(2)24-18-6-4-3-5-17(18)20-25(22,23)16-11-9-15(10-12-16)19(21)14-7-8-14/h3-6,9-14,20H,7-8H2,1-2H3. The number of carbonyl (C=O) groups is 1. The van der Waals surface area contributed by atoms with E-state index in [2.05, 4.69) is 4.72 Å². The lowest BCUT2D eigenvalue weighted by Gasteiger charge is -2.15. The van der Waals surface area contributed by atoms with Gasteiger partial charge in [0.1, 0.15) is 5.75 Å². The predicted molar refractivity (Wildman–Crippen MR) is 96.5 cm³/mol. The summed E-state index contributed by atoms with van der Waals surface area (Å²) in [4.78, 5) is 12.1. The number of hydrogen-bond acceptors (Lipinski definition) is 4. The van der Waals surface area contributed by atoms with Gasteiger partial charge in [0.2, 0.25) is 0 Å². The fraction of sp³-hybridized carbons (Fsp3) is 0.316. The first-order valence-corrected chi connectivity index (χ1v) is 9.78. The molecule has 3 rings (SSSR count). The number of nitrogens with one attached hydrogen (secondary N) is 1. The van der Waals surface area contributed by atoms with E-state index in [9.17, 15) is 13.2 Å². The molecule has 1 fully saturated rings. The summed E-state index contributed by atoms with van der Waals surface area (Å²) in [6.45, 7) is 3.75. The lowest BCUT2D eigenvalue weighted by atomic mass is 10.1. The summed E-state index contributed by atoms with van der Waals surface area (Å²) in [6.07, 6.45) is 1.78. The molecule has 25 heavy (non-hydrogen) atoms. The molecule has 132 valence electrons. The highest BCUT2D eigenvalue weighted by molar-refractivity contribution is 7.92. The van der Waals surface area contributed by atoms with Crippen molar-refractivity contribution in [2.45, 2.75) is 37.7 Å². The van der Waals surface area contributed by atoms with Gasteiger partial charge < -0.3 is 4.74 Å². The van der Waals surface area contributed by atoms with Crippen molar-refractivity contribution in [2.24, 2.45) is 5.92 Å². The number of carbonyl (C=O) groups excluding carboxylic acids is 1. The van der Waals surface area contributed by atoms with Crippen LogP contribution < -0.4 is 9.46 Å². The zero-order valence-electron chi connectivity index (χ0n) is 14.2. The van der Waals surface area contributed by atoms with Crippen LogP contribution in [-0.4, -0.2) is 20.3 Å². The van der Waals surface area contributed by atoms with Crippen molar-refractivity contribution < 1.29 is 17.9 Å². The van der Waals surface area contributed by atoms with E-state index in [0.29, 0.717) is 17.0 Å². The SMILES string of the molecule is CC(C)Oc1ccccc1NS(=O)(=O)c1ccc(C(=O)C2CC2)cc1. The summed E-state index contributed by atoms with van der Waals surface area (Å²) in [6, 6.07) is 13.0. The molecule has 0 aliphatic heterocycles. The Kier molecular flexibility index (Phi) is 4.81. The second-order valence-corrected chi connectivity index (χ2v) is 8.11. The number of para-hydroxylation sites is 2. The molecule has 2 aromatic carbocycles. The van der Waals surface area contributed by atoms with Gasteiger partial charge in [0.05, 0.1) is 16.7 Å². The highest BCUT2D eigenvalue weighted by Gasteiger charge is 2.30. The van der Waals surface area contributed by atoms with Crippen molar-refractivity contribution in [3.63, 3.8) is 0 Å². The number of anilines is 1. The van der Waals surface area contributed by atoms with Crippen LogP contribution >= 0.6 is 0 Å². The van der Waals surface area contributed by atoms with Crippen LogP contribution in [0.5, 0.6) is 5.75 Å². The van der Waals surface area contributed by atoms with E-state index in [1.54, 1.807) is 36.4 Å². The van der Waals surface area contributed by atoms with Gasteiger partial charge in [-0.3, -0.25) is 9.52 Å². The van der Waals surface area contributed by atoms with Crippen LogP contribution in [0, 0.1) is 5.92 Å².